The Hall–Kier alpha value is -0.120. The first kappa shape index (κ1) is 17.2. The van der Waals surface area contributed by atoms with Crippen molar-refractivity contribution in [1.29, 1.82) is 0 Å². The molecule has 0 amide bonds. The molecule has 0 N–H and O–H groups in total. The maximum absolute atomic E-state index is 2.32. The summed E-state index contributed by atoms with van der Waals surface area (Å²) in [5.41, 5.74) is 10.4. The second kappa shape index (κ2) is 6.55. The Morgan fingerprint density at radius 3 is 1.90 bits per heavy atom. The zero-order chi connectivity index (χ0) is 15.9. The van der Waals surface area contributed by atoms with E-state index in [9.17, 15) is 0 Å². The van der Waals surface area contributed by atoms with Crippen molar-refractivity contribution in [3.63, 3.8) is 0 Å². The highest BCUT2D eigenvalue weighted by Gasteiger charge is 2.23. The van der Waals surface area contributed by atoms with Gasteiger partial charge in [-0.1, -0.05) is 61.5 Å². The Kier molecular flexibility index (Phi) is 5.38. The Labute approximate surface area is 141 Å². The lowest BCUT2D eigenvalue weighted by Gasteiger charge is -2.11. The Bertz CT molecular complexity index is 604. The normalized spacial score (nSPS) is 19.1. The average Bonchev–Trinajstić information content (AvgIpc) is 2.76. The smallest absolute Gasteiger partial charge is 0.0215 e. The number of hydrogen-bond acceptors (Lipinski definition) is 3. The molecule has 3 heteroatoms. The Balaban J connectivity index is 2.08. The van der Waals surface area contributed by atoms with Crippen LogP contribution in [0.25, 0.3) is 0 Å². The molecule has 0 spiro atoms. The molecule has 1 aromatic rings. The van der Waals surface area contributed by atoms with E-state index in [4.69, 9.17) is 0 Å². The summed E-state index contributed by atoms with van der Waals surface area (Å²) >= 11 is 0. The van der Waals surface area contributed by atoms with Gasteiger partial charge in [0.05, 0.1) is 0 Å². The van der Waals surface area contributed by atoms with E-state index in [0.717, 1.165) is 0 Å². The quantitative estimate of drug-likeness (QED) is 0.418. The third-order valence-electron chi connectivity index (χ3n) is 5.19. The highest BCUT2D eigenvalue weighted by atomic mass is 33.5. The summed E-state index contributed by atoms with van der Waals surface area (Å²) in [6.45, 7) is 18.1. The molecular weight excluding hydrogens is 312 g/mol. The van der Waals surface area contributed by atoms with Gasteiger partial charge in [0.25, 0.3) is 0 Å². The molecule has 0 saturated carbocycles. The monoisotopic (exact) mass is 337 g/mol. The predicted molar refractivity (Wildman–Crippen MR) is 102 cm³/mol. The fraction of sp³-hybridized carbons (Fsp3) is 0.500. The summed E-state index contributed by atoms with van der Waals surface area (Å²) in [6, 6.07) is 0. The summed E-state index contributed by atoms with van der Waals surface area (Å²) in [5.74, 6) is 0.616. The molecule has 116 valence electrons. The topological polar surface area (TPSA) is 0 Å². The molecule has 0 fully saturated rings. The predicted octanol–water partition coefficient (Wildman–Crippen LogP) is 7.29. The van der Waals surface area contributed by atoms with Crippen LogP contribution < -0.4 is 0 Å². The summed E-state index contributed by atoms with van der Waals surface area (Å²) in [7, 11) is 5.77. The van der Waals surface area contributed by atoms with Crippen molar-refractivity contribution in [2.75, 3.05) is 0 Å². The van der Waals surface area contributed by atoms with Crippen molar-refractivity contribution in [2.45, 2.75) is 60.3 Å². The molecule has 0 heterocycles. The van der Waals surface area contributed by atoms with E-state index in [-0.39, 0.29) is 0 Å². The minimum Gasteiger partial charge on any atom is -0.195 e. The third kappa shape index (κ3) is 3.02. The van der Waals surface area contributed by atoms with Crippen LogP contribution in [0.3, 0.4) is 0 Å². The minimum absolute atomic E-state index is 0.616. The Morgan fingerprint density at radius 2 is 1.48 bits per heavy atom. The van der Waals surface area contributed by atoms with E-state index in [1.54, 1.807) is 0 Å². The maximum atomic E-state index is 2.32. The molecule has 1 aliphatic carbocycles. The first-order valence-electron chi connectivity index (χ1n) is 7.40. The van der Waals surface area contributed by atoms with Gasteiger partial charge in [-0.25, -0.2) is 0 Å². The van der Waals surface area contributed by atoms with Gasteiger partial charge in [-0.3, -0.25) is 0 Å². The number of hydrogen-bond donors (Lipinski definition) is 0. The van der Waals surface area contributed by atoms with Crippen LogP contribution in [0.15, 0.2) is 26.5 Å². The molecule has 21 heavy (non-hydrogen) atoms. The zero-order valence-electron chi connectivity index (χ0n) is 14.3. The standard InChI is InChI=1S/C18H25S3/c1-9-10(2)14(6)17(13(9)5)19-21-20-18-15(7)11(3)12(4)16(18)8/h9H,1-8H3/q-1. The van der Waals surface area contributed by atoms with Gasteiger partial charge in [0.15, 0.2) is 0 Å². The van der Waals surface area contributed by atoms with Crippen molar-refractivity contribution in [3.8, 4) is 0 Å². The summed E-state index contributed by atoms with van der Waals surface area (Å²) in [5, 5.41) is 0. The van der Waals surface area contributed by atoms with Gasteiger partial charge in [0.2, 0.25) is 0 Å². The van der Waals surface area contributed by atoms with Crippen molar-refractivity contribution in [1.82, 2.24) is 0 Å². The van der Waals surface area contributed by atoms with Crippen LogP contribution in [0.1, 0.15) is 49.9 Å². The molecule has 0 saturated heterocycles. The molecule has 1 aliphatic rings. The molecular formula is C18H25S3-. The molecule has 0 aliphatic heterocycles. The largest absolute Gasteiger partial charge is 0.195 e. The zero-order valence-corrected chi connectivity index (χ0v) is 16.8. The van der Waals surface area contributed by atoms with Gasteiger partial charge in [0, 0.05) is 4.91 Å². The van der Waals surface area contributed by atoms with E-state index in [0.29, 0.717) is 5.92 Å². The lowest BCUT2D eigenvalue weighted by Crippen LogP contribution is -1.92. The van der Waals surface area contributed by atoms with Gasteiger partial charge in [-0.15, -0.1) is 5.56 Å². The van der Waals surface area contributed by atoms with Crippen LogP contribution in [0.5, 0.6) is 0 Å². The van der Waals surface area contributed by atoms with Gasteiger partial charge in [0.1, 0.15) is 0 Å². The van der Waals surface area contributed by atoms with Crippen LogP contribution in [-0.4, -0.2) is 0 Å². The fourth-order valence-corrected chi connectivity index (χ4v) is 7.72. The van der Waals surface area contributed by atoms with E-state index in [1.165, 1.54) is 48.8 Å². The molecule has 1 aromatic carbocycles. The average molecular weight is 338 g/mol. The molecule has 0 aromatic heterocycles. The van der Waals surface area contributed by atoms with Crippen LogP contribution in [0, 0.1) is 33.6 Å². The van der Waals surface area contributed by atoms with Crippen molar-refractivity contribution < 1.29 is 0 Å². The van der Waals surface area contributed by atoms with Crippen LogP contribution in [-0.2, 0) is 0 Å². The number of rotatable bonds is 4. The van der Waals surface area contributed by atoms with E-state index < -0.39 is 0 Å². The molecule has 0 nitrogen and oxygen atoms in total. The van der Waals surface area contributed by atoms with Gasteiger partial charge < -0.3 is 0 Å². The first-order chi connectivity index (χ1) is 9.77. The molecule has 0 bridgehead atoms. The van der Waals surface area contributed by atoms with Gasteiger partial charge >= 0.3 is 0 Å². The molecule has 2 rings (SSSR count). The molecule has 1 atom stereocenters. The van der Waals surface area contributed by atoms with Crippen molar-refractivity contribution >= 4 is 31.4 Å². The minimum atomic E-state index is 0.616. The second-order valence-electron chi connectivity index (χ2n) is 6.11. The lowest BCUT2D eigenvalue weighted by atomic mass is 10.0. The van der Waals surface area contributed by atoms with Crippen LogP contribution in [0.4, 0.5) is 0 Å². The van der Waals surface area contributed by atoms with Crippen molar-refractivity contribution in [2.24, 2.45) is 5.92 Å². The van der Waals surface area contributed by atoms with Crippen molar-refractivity contribution in [3.05, 3.63) is 43.9 Å². The van der Waals surface area contributed by atoms with Crippen LogP contribution in [0.2, 0.25) is 0 Å². The lowest BCUT2D eigenvalue weighted by molar-refractivity contribution is 0.817. The number of allylic oxidation sites excluding steroid dienone is 3. The Morgan fingerprint density at radius 1 is 0.857 bits per heavy atom. The first-order valence-corrected chi connectivity index (χ1v) is 10.9. The van der Waals surface area contributed by atoms with E-state index >= 15 is 0 Å². The van der Waals surface area contributed by atoms with E-state index in [1.807, 2.05) is 31.4 Å². The van der Waals surface area contributed by atoms with E-state index in [2.05, 4.69) is 55.4 Å². The van der Waals surface area contributed by atoms with Crippen LogP contribution >= 0.6 is 31.4 Å². The maximum Gasteiger partial charge on any atom is 0.0215 e. The molecule has 1 unspecified atom stereocenters. The fourth-order valence-electron chi connectivity index (χ4n) is 2.84. The highest BCUT2D eigenvalue weighted by Crippen LogP contribution is 2.53. The summed E-state index contributed by atoms with van der Waals surface area (Å²) < 4.78 is 0. The SMILES string of the molecule is CC1=C(C)C(C)C(C)=C1SSSc1c(C)c(C)c(C)[c-]1C. The summed E-state index contributed by atoms with van der Waals surface area (Å²) in [4.78, 5) is 2.96. The second-order valence-corrected chi connectivity index (χ2v) is 10.0. The molecule has 0 radical (unpaired) electrons. The third-order valence-corrected chi connectivity index (χ3v) is 9.54. The highest BCUT2D eigenvalue weighted by molar-refractivity contribution is 9.10. The van der Waals surface area contributed by atoms with Gasteiger partial charge in [-0.2, -0.15) is 16.7 Å². The summed E-state index contributed by atoms with van der Waals surface area (Å²) in [6.07, 6.45) is 0. The van der Waals surface area contributed by atoms with Gasteiger partial charge in [-0.05, 0) is 52.9 Å².